The highest BCUT2D eigenvalue weighted by Crippen LogP contribution is 2.30. The number of hydrogen-bond acceptors (Lipinski definition) is 2. The Kier molecular flexibility index (Phi) is 17.0. The smallest absolute Gasteiger partial charge is 0.228 e. The van der Waals surface area contributed by atoms with Gasteiger partial charge in [-0.3, -0.25) is 4.79 Å². The number of unbranched alkanes of at least 4 members (excludes halogenated alkanes) is 11. The monoisotopic (exact) mass is 589 g/mol. The van der Waals surface area contributed by atoms with Gasteiger partial charge in [-0.2, -0.15) is 0 Å². The molecule has 0 bridgehead atoms. The topological polar surface area (TPSA) is 53.2 Å². The van der Waals surface area contributed by atoms with Crippen LogP contribution in [0.1, 0.15) is 90.4 Å². The molecule has 0 radical (unpaired) electrons. The van der Waals surface area contributed by atoms with E-state index in [4.69, 9.17) is 70.2 Å². The number of alkyl halides is 3. The molecule has 10 heteroatoms. The van der Waals surface area contributed by atoms with Crippen molar-refractivity contribution in [2.45, 2.75) is 100 Å². The summed E-state index contributed by atoms with van der Waals surface area (Å²) in [6.45, 7) is 2.24. The molecule has 34 heavy (non-hydrogen) atoms. The lowest BCUT2D eigenvalue weighted by atomic mass is 10.0. The zero-order valence-electron chi connectivity index (χ0n) is 19.7. The fourth-order valence-electron chi connectivity index (χ4n) is 3.44. The Labute approximate surface area is 235 Å². The molecule has 3 N–H and O–H groups in total. The quantitative estimate of drug-likeness (QED) is 0.0776. The van der Waals surface area contributed by atoms with Crippen LogP contribution in [0.4, 0.5) is 5.69 Å². The average Bonchev–Trinajstić information content (AvgIpc) is 2.75. The minimum Gasteiger partial charge on any atom is -0.339 e. The molecule has 0 aliphatic carbocycles. The fourth-order valence-corrected chi connectivity index (χ4v) is 4.45. The van der Waals surface area contributed by atoms with Gasteiger partial charge in [0.15, 0.2) is 5.11 Å². The first-order valence-electron chi connectivity index (χ1n) is 12.0. The Hall–Kier alpha value is -0.170. The molecular formula is C24H36Cl5N3OS. The molecule has 0 aliphatic heterocycles. The average molecular weight is 592 g/mol. The highest BCUT2D eigenvalue weighted by molar-refractivity contribution is 7.80. The fraction of sp³-hybridized carbons (Fsp3) is 0.667. The van der Waals surface area contributed by atoms with Crippen LogP contribution in [0.15, 0.2) is 18.2 Å². The molecular weight excluding hydrogens is 556 g/mol. The Morgan fingerprint density at radius 2 is 1.41 bits per heavy atom. The first kappa shape index (κ1) is 31.9. The van der Waals surface area contributed by atoms with E-state index in [9.17, 15) is 4.79 Å². The second-order valence-electron chi connectivity index (χ2n) is 8.40. The lowest BCUT2D eigenvalue weighted by Crippen LogP contribution is -2.56. The van der Waals surface area contributed by atoms with Gasteiger partial charge in [-0.25, -0.2) is 0 Å². The van der Waals surface area contributed by atoms with Crippen molar-refractivity contribution in [2.24, 2.45) is 0 Å². The van der Waals surface area contributed by atoms with E-state index < -0.39 is 9.96 Å². The first-order chi connectivity index (χ1) is 16.1. The van der Waals surface area contributed by atoms with Crippen LogP contribution in [0, 0.1) is 0 Å². The highest BCUT2D eigenvalue weighted by atomic mass is 35.6. The molecule has 0 saturated carbocycles. The van der Waals surface area contributed by atoms with E-state index in [1.807, 2.05) is 0 Å². The minimum absolute atomic E-state index is 0.145. The van der Waals surface area contributed by atoms with Gasteiger partial charge in [0, 0.05) is 11.4 Å². The molecule has 1 atom stereocenters. The Morgan fingerprint density at radius 1 is 0.882 bits per heavy atom. The standard InChI is InChI=1S/C24H36Cl5N3OS/c1-2-3-4-5-6-7-8-9-10-11-12-13-14-21(33)31-22(24(27,28)29)32-23(34)30-20-16-15-18(25)17-19(20)26/h15-17,22H,2-14H2,1H3,(H,31,33)(H2,30,32,34)/t22-/m1/s1. The van der Waals surface area contributed by atoms with Crippen LogP contribution in [-0.4, -0.2) is 21.0 Å². The summed E-state index contributed by atoms with van der Waals surface area (Å²) in [4.78, 5) is 12.4. The summed E-state index contributed by atoms with van der Waals surface area (Å²) >= 11 is 35.5. The number of amides is 1. The molecule has 0 heterocycles. The van der Waals surface area contributed by atoms with Crippen LogP contribution in [-0.2, 0) is 4.79 Å². The number of benzene rings is 1. The molecule has 0 saturated heterocycles. The van der Waals surface area contributed by atoms with Crippen molar-refractivity contribution in [3.63, 3.8) is 0 Å². The van der Waals surface area contributed by atoms with Gasteiger partial charge in [-0.05, 0) is 36.8 Å². The summed E-state index contributed by atoms with van der Waals surface area (Å²) in [5.74, 6) is -0.205. The third kappa shape index (κ3) is 15.1. The second kappa shape index (κ2) is 18.1. The molecule has 194 valence electrons. The van der Waals surface area contributed by atoms with Crippen molar-refractivity contribution in [3.05, 3.63) is 28.2 Å². The van der Waals surface area contributed by atoms with Crippen molar-refractivity contribution >= 4 is 86.9 Å². The summed E-state index contributed by atoms with van der Waals surface area (Å²) in [6, 6.07) is 4.92. The summed E-state index contributed by atoms with van der Waals surface area (Å²) < 4.78 is -1.80. The van der Waals surface area contributed by atoms with Gasteiger partial charge in [-0.1, -0.05) is 136 Å². The van der Waals surface area contributed by atoms with Gasteiger partial charge >= 0.3 is 0 Å². The number of anilines is 1. The van der Waals surface area contributed by atoms with E-state index in [1.54, 1.807) is 18.2 Å². The Morgan fingerprint density at radius 3 is 1.91 bits per heavy atom. The number of nitrogens with one attached hydrogen (secondary N) is 3. The number of thiocarbonyl (C=S) groups is 1. The molecule has 1 amide bonds. The number of carbonyl (C=O) groups is 1. The van der Waals surface area contributed by atoms with E-state index in [-0.39, 0.29) is 11.0 Å². The molecule has 0 unspecified atom stereocenters. The van der Waals surface area contributed by atoms with Gasteiger partial charge < -0.3 is 16.0 Å². The summed E-state index contributed by atoms with van der Waals surface area (Å²) in [5.41, 5.74) is 0.537. The predicted octanol–water partition coefficient (Wildman–Crippen LogP) is 9.18. The van der Waals surface area contributed by atoms with E-state index in [0.717, 1.165) is 19.3 Å². The third-order valence-corrected chi connectivity index (χ3v) is 6.77. The highest BCUT2D eigenvalue weighted by Gasteiger charge is 2.34. The van der Waals surface area contributed by atoms with Gasteiger partial charge in [0.2, 0.25) is 9.70 Å². The predicted molar refractivity (Wildman–Crippen MR) is 154 cm³/mol. The number of hydrogen-bond donors (Lipinski definition) is 3. The lowest BCUT2D eigenvalue weighted by Gasteiger charge is -2.28. The van der Waals surface area contributed by atoms with Crippen molar-refractivity contribution in [3.8, 4) is 0 Å². The molecule has 0 fully saturated rings. The molecule has 1 aromatic carbocycles. The number of carbonyl (C=O) groups excluding carboxylic acids is 1. The van der Waals surface area contributed by atoms with Gasteiger partial charge in [0.25, 0.3) is 0 Å². The maximum atomic E-state index is 12.4. The summed E-state index contributed by atoms with van der Waals surface area (Å²) in [7, 11) is 0. The molecule has 4 nitrogen and oxygen atoms in total. The van der Waals surface area contributed by atoms with Crippen molar-refractivity contribution in [1.82, 2.24) is 10.6 Å². The SMILES string of the molecule is CCCCCCCCCCCCCCC(=O)N[C@H](NC(=S)Nc1ccc(Cl)cc1Cl)C(Cl)(Cl)Cl. The van der Waals surface area contributed by atoms with Crippen molar-refractivity contribution < 1.29 is 4.79 Å². The van der Waals surface area contributed by atoms with Crippen LogP contribution in [0.2, 0.25) is 10.0 Å². The van der Waals surface area contributed by atoms with Crippen molar-refractivity contribution in [1.29, 1.82) is 0 Å². The Bertz CT molecular complexity index is 746. The normalized spacial score (nSPS) is 12.3. The van der Waals surface area contributed by atoms with Crippen LogP contribution < -0.4 is 16.0 Å². The van der Waals surface area contributed by atoms with E-state index in [1.165, 1.54) is 57.8 Å². The largest absolute Gasteiger partial charge is 0.339 e. The summed E-state index contributed by atoms with van der Waals surface area (Å²) in [5, 5.41) is 9.47. The van der Waals surface area contributed by atoms with Gasteiger partial charge in [-0.15, -0.1) is 0 Å². The molecule has 0 aliphatic rings. The van der Waals surface area contributed by atoms with Crippen LogP contribution in [0.5, 0.6) is 0 Å². The maximum absolute atomic E-state index is 12.4. The molecule has 1 aromatic rings. The lowest BCUT2D eigenvalue weighted by molar-refractivity contribution is -0.122. The second-order valence-corrected chi connectivity index (χ2v) is 12.0. The third-order valence-electron chi connectivity index (χ3n) is 5.34. The van der Waals surface area contributed by atoms with Crippen LogP contribution in [0.3, 0.4) is 0 Å². The summed E-state index contributed by atoms with van der Waals surface area (Å²) in [6.07, 6.45) is 14.1. The van der Waals surface area contributed by atoms with E-state index >= 15 is 0 Å². The van der Waals surface area contributed by atoms with Gasteiger partial charge in [0.1, 0.15) is 6.17 Å². The van der Waals surface area contributed by atoms with E-state index in [2.05, 4.69) is 22.9 Å². The van der Waals surface area contributed by atoms with Crippen LogP contribution in [0.25, 0.3) is 0 Å². The molecule has 0 spiro atoms. The first-order valence-corrected chi connectivity index (χ1v) is 14.3. The minimum atomic E-state index is -1.80. The number of rotatable bonds is 16. The zero-order chi connectivity index (χ0) is 25.4. The van der Waals surface area contributed by atoms with Crippen molar-refractivity contribution in [2.75, 3.05) is 5.32 Å². The van der Waals surface area contributed by atoms with Gasteiger partial charge in [0.05, 0.1) is 10.7 Å². The van der Waals surface area contributed by atoms with E-state index in [0.29, 0.717) is 22.2 Å². The Balaban J connectivity index is 2.26. The van der Waals surface area contributed by atoms with Crippen LogP contribution >= 0.6 is 70.2 Å². The zero-order valence-corrected chi connectivity index (χ0v) is 24.3. The number of halogens is 5. The maximum Gasteiger partial charge on any atom is 0.228 e. The molecule has 1 rings (SSSR count). The molecule has 0 aromatic heterocycles.